The van der Waals surface area contributed by atoms with Gasteiger partial charge in [0.05, 0.1) is 18.8 Å². The van der Waals surface area contributed by atoms with Crippen LogP contribution in [0.4, 0.5) is 5.69 Å². The van der Waals surface area contributed by atoms with Crippen LogP contribution in [0.3, 0.4) is 0 Å². The van der Waals surface area contributed by atoms with Crippen LogP contribution < -0.4 is 20.7 Å². The second-order valence-corrected chi connectivity index (χ2v) is 6.67. The molecule has 7 heteroatoms. The fourth-order valence-electron chi connectivity index (χ4n) is 2.66. The first-order chi connectivity index (χ1) is 11.6. The predicted molar refractivity (Wildman–Crippen MR) is 100 cm³/mol. The highest BCUT2D eigenvalue weighted by molar-refractivity contribution is 7.80. The van der Waals surface area contributed by atoms with Gasteiger partial charge in [-0.25, -0.2) is 0 Å². The van der Waals surface area contributed by atoms with E-state index in [2.05, 4.69) is 22.5 Å². The van der Waals surface area contributed by atoms with Gasteiger partial charge in [0.2, 0.25) is 5.91 Å². The number of hydrogen-bond acceptors (Lipinski definition) is 4. The molecule has 1 fully saturated rings. The predicted octanol–water partition coefficient (Wildman–Crippen LogP) is 3.04. The third-order valence-corrected chi connectivity index (χ3v) is 4.94. The van der Waals surface area contributed by atoms with Gasteiger partial charge in [0.25, 0.3) is 0 Å². The van der Waals surface area contributed by atoms with Crippen molar-refractivity contribution in [2.75, 3.05) is 12.4 Å². The maximum atomic E-state index is 12.9. The highest BCUT2D eigenvalue weighted by Crippen LogP contribution is 2.33. The summed E-state index contributed by atoms with van der Waals surface area (Å²) in [6.45, 7) is 3.99. The number of carbonyl (C=O) groups excluding carboxylic acids is 1. The van der Waals surface area contributed by atoms with Crippen molar-refractivity contribution in [3.63, 3.8) is 0 Å². The maximum Gasteiger partial charge on any atom is 0.236 e. The molecule has 0 aliphatic carbocycles. The largest absolute Gasteiger partial charge is 0.495 e. The van der Waals surface area contributed by atoms with Crippen LogP contribution in [0, 0.1) is 5.92 Å². The molecule has 5 nitrogen and oxygen atoms in total. The van der Waals surface area contributed by atoms with Crippen LogP contribution >= 0.6 is 23.6 Å². The zero-order valence-corrected chi connectivity index (χ0v) is 14.7. The molecule has 1 aromatic carbocycles. The lowest BCUT2D eigenvalue weighted by Gasteiger charge is -2.34. The Hall–Kier alpha value is -2.38. The molecule has 0 bridgehead atoms. The summed E-state index contributed by atoms with van der Waals surface area (Å²) in [4.78, 5) is 13.9. The number of amides is 1. The first kappa shape index (κ1) is 16.5. The van der Waals surface area contributed by atoms with E-state index in [-0.39, 0.29) is 11.9 Å². The molecule has 1 saturated heterocycles. The minimum Gasteiger partial charge on any atom is -0.495 e. The van der Waals surface area contributed by atoms with Crippen LogP contribution in [-0.2, 0) is 4.79 Å². The van der Waals surface area contributed by atoms with E-state index in [4.69, 9.17) is 17.0 Å². The van der Waals surface area contributed by atoms with Crippen molar-refractivity contribution in [1.29, 1.82) is 0 Å². The Morgan fingerprint density at radius 2 is 2.12 bits per heavy atom. The molecular weight excluding hydrogens is 342 g/mol. The molecule has 3 rings (SSSR count). The van der Waals surface area contributed by atoms with Gasteiger partial charge in [-0.1, -0.05) is 24.8 Å². The van der Waals surface area contributed by atoms with E-state index in [1.807, 2.05) is 29.6 Å². The van der Waals surface area contributed by atoms with E-state index in [0.717, 1.165) is 4.88 Å². The van der Waals surface area contributed by atoms with Crippen LogP contribution in [0.15, 0.2) is 54.1 Å². The molecular formula is C17H17N3O2S2. The molecule has 2 atom stereocenters. The Morgan fingerprint density at radius 3 is 2.83 bits per heavy atom. The van der Waals surface area contributed by atoms with Crippen LogP contribution in [-0.4, -0.2) is 18.1 Å². The monoisotopic (exact) mass is 359 g/mol. The molecule has 0 spiro atoms. The van der Waals surface area contributed by atoms with Crippen LogP contribution in [0.25, 0.3) is 0 Å². The average Bonchev–Trinajstić information content (AvgIpc) is 3.08. The standard InChI is InChI=1S/C17H17N3O2S2/c1-10-14(15(20-17(23)18-10)13-8-5-9-24-13)16(21)19-11-6-3-4-7-12(11)22-2/h3-9,14-15H,1H2,2H3,(H,19,21)(H2,18,20,23)/t14-,15-/m0/s1. The van der Waals surface area contributed by atoms with Gasteiger partial charge in [0.1, 0.15) is 11.7 Å². The van der Waals surface area contributed by atoms with Crippen molar-refractivity contribution in [2.24, 2.45) is 5.92 Å². The molecule has 24 heavy (non-hydrogen) atoms. The van der Waals surface area contributed by atoms with Crippen molar-refractivity contribution in [3.05, 3.63) is 58.9 Å². The number of anilines is 1. The van der Waals surface area contributed by atoms with E-state index in [0.29, 0.717) is 22.2 Å². The quantitative estimate of drug-likeness (QED) is 0.733. The number of rotatable bonds is 4. The van der Waals surface area contributed by atoms with Crippen LogP contribution in [0.5, 0.6) is 5.75 Å². The van der Waals surface area contributed by atoms with Gasteiger partial charge in [-0.2, -0.15) is 0 Å². The van der Waals surface area contributed by atoms with Crippen molar-refractivity contribution in [3.8, 4) is 5.75 Å². The van der Waals surface area contributed by atoms with E-state index < -0.39 is 5.92 Å². The lowest BCUT2D eigenvalue weighted by Crippen LogP contribution is -2.51. The number of ether oxygens (including phenoxy) is 1. The Morgan fingerprint density at radius 1 is 1.33 bits per heavy atom. The Labute approximate surface area is 149 Å². The van der Waals surface area contributed by atoms with Gasteiger partial charge in [0, 0.05) is 10.6 Å². The topological polar surface area (TPSA) is 62.4 Å². The van der Waals surface area contributed by atoms with E-state index in [9.17, 15) is 4.79 Å². The molecule has 1 aromatic heterocycles. The molecule has 0 saturated carbocycles. The molecule has 1 aliphatic rings. The van der Waals surface area contributed by atoms with Gasteiger partial charge in [-0.15, -0.1) is 11.3 Å². The molecule has 1 aliphatic heterocycles. The summed E-state index contributed by atoms with van der Waals surface area (Å²) < 4.78 is 5.29. The third kappa shape index (κ3) is 3.27. The number of thiocarbonyl (C=S) groups is 1. The molecule has 3 N–H and O–H groups in total. The summed E-state index contributed by atoms with van der Waals surface area (Å²) in [5.41, 5.74) is 1.19. The van der Waals surface area contributed by atoms with Crippen molar-refractivity contribution in [2.45, 2.75) is 6.04 Å². The second kappa shape index (κ2) is 7.02. The molecule has 0 unspecified atom stereocenters. The van der Waals surface area contributed by atoms with Crippen LogP contribution in [0.2, 0.25) is 0 Å². The van der Waals surface area contributed by atoms with Crippen molar-refractivity contribution >= 4 is 40.3 Å². The smallest absolute Gasteiger partial charge is 0.236 e. The maximum absolute atomic E-state index is 12.9. The number of nitrogens with one attached hydrogen (secondary N) is 3. The number of methoxy groups -OCH3 is 1. The van der Waals surface area contributed by atoms with E-state index >= 15 is 0 Å². The summed E-state index contributed by atoms with van der Waals surface area (Å²) in [7, 11) is 1.57. The lowest BCUT2D eigenvalue weighted by molar-refractivity contribution is -0.119. The van der Waals surface area contributed by atoms with Gasteiger partial charge >= 0.3 is 0 Å². The highest BCUT2D eigenvalue weighted by atomic mass is 32.1. The normalized spacial score (nSPS) is 20.0. The molecule has 1 amide bonds. The Bertz CT molecular complexity index is 774. The fraction of sp³-hybridized carbons (Fsp3) is 0.176. The SMILES string of the molecule is C=C1NC(=S)N[C@@H](c2cccs2)[C@H]1C(=O)Nc1ccccc1OC. The summed E-state index contributed by atoms with van der Waals surface area (Å²) in [6, 6.07) is 11.0. The highest BCUT2D eigenvalue weighted by Gasteiger charge is 2.37. The first-order valence-corrected chi connectivity index (χ1v) is 8.62. The molecule has 124 valence electrons. The van der Waals surface area contributed by atoms with E-state index in [1.54, 1.807) is 30.6 Å². The summed E-state index contributed by atoms with van der Waals surface area (Å²) in [5.74, 6) is -0.0675. The third-order valence-electron chi connectivity index (χ3n) is 3.77. The minimum absolute atomic E-state index is 0.176. The van der Waals surface area contributed by atoms with Gasteiger partial charge in [-0.05, 0) is 35.8 Å². The Kier molecular flexibility index (Phi) is 4.82. The number of benzene rings is 1. The zero-order valence-electron chi connectivity index (χ0n) is 13.0. The number of hydrogen-bond donors (Lipinski definition) is 3. The van der Waals surface area contributed by atoms with E-state index in [1.165, 1.54) is 0 Å². The summed E-state index contributed by atoms with van der Waals surface area (Å²) in [5, 5.41) is 11.5. The zero-order chi connectivity index (χ0) is 17.1. The number of carbonyl (C=O) groups is 1. The first-order valence-electron chi connectivity index (χ1n) is 7.33. The second-order valence-electron chi connectivity index (χ2n) is 5.28. The van der Waals surface area contributed by atoms with Gasteiger partial charge in [0.15, 0.2) is 5.11 Å². The fourth-order valence-corrected chi connectivity index (χ4v) is 3.73. The van der Waals surface area contributed by atoms with Gasteiger partial charge < -0.3 is 20.7 Å². The molecule has 2 aromatic rings. The summed E-state index contributed by atoms with van der Waals surface area (Å²) in [6.07, 6.45) is 0. The van der Waals surface area contributed by atoms with Crippen LogP contribution in [0.1, 0.15) is 10.9 Å². The molecule has 2 heterocycles. The van der Waals surface area contributed by atoms with Gasteiger partial charge in [-0.3, -0.25) is 4.79 Å². The summed E-state index contributed by atoms with van der Waals surface area (Å²) >= 11 is 6.79. The minimum atomic E-state index is -0.500. The number of para-hydroxylation sites is 2. The molecule has 0 radical (unpaired) electrons. The lowest BCUT2D eigenvalue weighted by atomic mass is 9.92. The van der Waals surface area contributed by atoms with Crippen molar-refractivity contribution < 1.29 is 9.53 Å². The Balaban J connectivity index is 1.88. The average molecular weight is 359 g/mol. The van der Waals surface area contributed by atoms with Crippen molar-refractivity contribution in [1.82, 2.24) is 10.6 Å². The number of thiophene rings is 1.